The summed E-state index contributed by atoms with van der Waals surface area (Å²) in [6, 6.07) is 12.8. The van der Waals surface area contributed by atoms with E-state index in [1.807, 2.05) is 48.5 Å². The van der Waals surface area contributed by atoms with Gasteiger partial charge in [0, 0.05) is 47.0 Å². The molecule has 0 fully saturated rings. The highest BCUT2D eigenvalue weighted by Gasteiger charge is 2.28. The van der Waals surface area contributed by atoms with Crippen molar-refractivity contribution in [3.8, 4) is 0 Å². The zero-order valence-corrected chi connectivity index (χ0v) is 18.2. The molecule has 0 bridgehead atoms. The summed E-state index contributed by atoms with van der Waals surface area (Å²) in [4.78, 5) is 47.9. The number of H-pyrrole nitrogens is 2. The first kappa shape index (κ1) is 23.0. The SMILES string of the molecule is NOCC(=O)N[C@@H](Cc1c[nH]c2ccccc12)C(=O)N[C@@H](Cc1c[nH]c2ccccc12)C(=O)O. The van der Waals surface area contributed by atoms with Crippen molar-refractivity contribution in [3.05, 3.63) is 72.1 Å². The van der Waals surface area contributed by atoms with E-state index < -0.39 is 36.5 Å². The quantitative estimate of drug-likeness (QED) is 0.195. The van der Waals surface area contributed by atoms with Crippen molar-refractivity contribution in [2.45, 2.75) is 24.9 Å². The topological polar surface area (TPSA) is 162 Å². The maximum absolute atomic E-state index is 13.2. The fraction of sp³-hybridized carbons (Fsp3) is 0.208. The summed E-state index contributed by atoms with van der Waals surface area (Å²) >= 11 is 0. The summed E-state index contributed by atoms with van der Waals surface area (Å²) in [6.07, 6.45) is 3.71. The summed E-state index contributed by atoms with van der Waals surface area (Å²) < 4.78 is 0. The Morgan fingerprint density at radius 2 is 1.38 bits per heavy atom. The zero-order valence-electron chi connectivity index (χ0n) is 18.2. The Balaban J connectivity index is 1.54. The fourth-order valence-corrected chi connectivity index (χ4v) is 4.03. The van der Waals surface area contributed by atoms with Gasteiger partial charge < -0.3 is 25.7 Å². The molecule has 2 atom stereocenters. The second-order valence-corrected chi connectivity index (χ2v) is 7.96. The molecule has 2 amide bonds. The highest BCUT2D eigenvalue weighted by atomic mass is 16.6. The second kappa shape index (κ2) is 10.2. The number of para-hydroxylation sites is 2. The minimum atomic E-state index is -1.19. The van der Waals surface area contributed by atoms with Crippen molar-refractivity contribution in [1.82, 2.24) is 20.6 Å². The largest absolute Gasteiger partial charge is 0.480 e. The average Bonchev–Trinajstić information content (AvgIpc) is 3.42. The molecule has 4 rings (SSSR count). The lowest BCUT2D eigenvalue weighted by Crippen LogP contribution is -2.53. The normalized spacial score (nSPS) is 13.0. The number of carboxylic acid groups (broad SMARTS) is 1. The van der Waals surface area contributed by atoms with Gasteiger partial charge in [-0.15, -0.1) is 0 Å². The maximum atomic E-state index is 13.2. The third-order valence-corrected chi connectivity index (χ3v) is 5.68. The number of benzene rings is 2. The van der Waals surface area contributed by atoms with Crippen molar-refractivity contribution < 1.29 is 24.3 Å². The number of aliphatic carboxylic acids is 1. The summed E-state index contributed by atoms with van der Waals surface area (Å²) in [5.74, 6) is 2.59. The molecule has 0 aliphatic heterocycles. The van der Waals surface area contributed by atoms with Crippen LogP contribution in [-0.2, 0) is 32.1 Å². The Morgan fingerprint density at radius 1 is 0.853 bits per heavy atom. The molecular weight excluding hydrogens is 438 g/mol. The van der Waals surface area contributed by atoms with E-state index in [-0.39, 0.29) is 12.8 Å². The van der Waals surface area contributed by atoms with Crippen LogP contribution < -0.4 is 16.5 Å². The van der Waals surface area contributed by atoms with Crippen molar-refractivity contribution in [2.75, 3.05) is 6.61 Å². The van der Waals surface area contributed by atoms with Crippen molar-refractivity contribution in [1.29, 1.82) is 0 Å². The predicted octanol–water partition coefficient (Wildman–Crippen LogP) is 1.38. The first-order chi connectivity index (χ1) is 16.5. The Morgan fingerprint density at radius 3 is 1.91 bits per heavy atom. The lowest BCUT2D eigenvalue weighted by Gasteiger charge is -2.21. The van der Waals surface area contributed by atoms with E-state index in [1.54, 1.807) is 12.4 Å². The molecule has 10 heteroatoms. The van der Waals surface area contributed by atoms with Crippen molar-refractivity contribution in [2.24, 2.45) is 5.90 Å². The van der Waals surface area contributed by atoms with Crippen LogP contribution in [0.3, 0.4) is 0 Å². The lowest BCUT2D eigenvalue weighted by atomic mass is 10.0. The van der Waals surface area contributed by atoms with Crippen LogP contribution in [0.2, 0.25) is 0 Å². The highest BCUT2D eigenvalue weighted by molar-refractivity contribution is 5.92. The van der Waals surface area contributed by atoms with Crippen molar-refractivity contribution in [3.63, 3.8) is 0 Å². The van der Waals surface area contributed by atoms with Gasteiger partial charge in [-0.1, -0.05) is 36.4 Å². The van der Waals surface area contributed by atoms with Gasteiger partial charge in [-0.3, -0.25) is 14.4 Å². The Bertz CT molecular complexity index is 1330. The van der Waals surface area contributed by atoms with Gasteiger partial charge in [-0.2, -0.15) is 0 Å². The van der Waals surface area contributed by atoms with Crippen molar-refractivity contribution >= 4 is 39.6 Å². The van der Waals surface area contributed by atoms with E-state index in [1.165, 1.54) is 0 Å². The van der Waals surface area contributed by atoms with E-state index in [0.717, 1.165) is 32.9 Å². The number of fused-ring (bicyclic) bond motifs is 2. The number of nitrogens with one attached hydrogen (secondary N) is 4. The summed E-state index contributed by atoms with van der Waals surface area (Å²) in [5, 5.41) is 16.7. The van der Waals surface area contributed by atoms with Crippen LogP contribution in [0.15, 0.2) is 60.9 Å². The van der Waals surface area contributed by atoms with E-state index in [4.69, 9.17) is 5.90 Å². The third-order valence-electron chi connectivity index (χ3n) is 5.68. The van der Waals surface area contributed by atoms with E-state index in [9.17, 15) is 19.5 Å². The van der Waals surface area contributed by atoms with Gasteiger partial charge >= 0.3 is 5.97 Å². The third kappa shape index (κ3) is 5.08. The van der Waals surface area contributed by atoms with E-state index >= 15 is 0 Å². The molecule has 2 aromatic carbocycles. The standard InChI is InChI=1S/C24H25N5O5/c25-34-13-22(30)28-20(9-14-11-26-18-7-3-1-5-16(14)18)23(31)29-21(24(32)33)10-15-12-27-19-8-4-2-6-17(15)19/h1-8,11-12,20-21,26-27H,9-10,13,25H2,(H,28,30)(H,29,31)(H,32,33)/t20-,21-/m0/s1. The number of hydrogen-bond donors (Lipinski definition) is 6. The van der Waals surface area contributed by atoms with Gasteiger partial charge in [0.1, 0.15) is 18.7 Å². The molecule has 0 radical (unpaired) electrons. The molecule has 0 saturated heterocycles. The summed E-state index contributed by atoms with van der Waals surface area (Å²) in [7, 11) is 0. The van der Waals surface area contributed by atoms with Gasteiger partial charge in [0.05, 0.1) is 0 Å². The molecule has 2 heterocycles. The first-order valence-corrected chi connectivity index (χ1v) is 10.7. The number of rotatable bonds is 10. The molecule has 0 aliphatic rings. The summed E-state index contributed by atoms with van der Waals surface area (Å²) in [6.45, 7) is -0.435. The number of amides is 2. The molecule has 0 aliphatic carbocycles. The number of carboxylic acids is 1. The number of aromatic amines is 2. The van der Waals surface area contributed by atoms with Crippen LogP contribution in [-0.4, -0.2) is 51.5 Å². The Hall–Kier alpha value is -4.15. The fourth-order valence-electron chi connectivity index (χ4n) is 4.03. The molecule has 0 saturated carbocycles. The molecule has 2 aromatic heterocycles. The average molecular weight is 463 g/mol. The molecular formula is C24H25N5O5. The molecule has 176 valence electrons. The van der Waals surface area contributed by atoms with Crippen LogP contribution in [0, 0.1) is 0 Å². The van der Waals surface area contributed by atoms with Crippen LogP contribution >= 0.6 is 0 Å². The van der Waals surface area contributed by atoms with Crippen LogP contribution in [0.1, 0.15) is 11.1 Å². The second-order valence-electron chi connectivity index (χ2n) is 7.96. The van der Waals surface area contributed by atoms with Gasteiger partial charge in [-0.05, 0) is 23.3 Å². The molecule has 10 nitrogen and oxygen atoms in total. The number of nitrogens with two attached hydrogens (primary N) is 1. The molecule has 0 unspecified atom stereocenters. The molecule has 7 N–H and O–H groups in total. The molecule has 4 aromatic rings. The molecule has 0 spiro atoms. The zero-order chi connectivity index (χ0) is 24.1. The maximum Gasteiger partial charge on any atom is 0.326 e. The molecule has 34 heavy (non-hydrogen) atoms. The number of aromatic nitrogens is 2. The van der Waals surface area contributed by atoms with E-state index in [0.29, 0.717) is 0 Å². The minimum Gasteiger partial charge on any atom is -0.480 e. The number of hydrogen-bond acceptors (Lipinski definition) is 5. The van der Waals surface area contributed by atoms with Gasteiger partial charge in [-0.25, -0.2) is 10.7 Å². The Labute approximate surface area is 194 Å². The minimum absolute atomic E-state index is 0.0742. The monoisotopic (exact) mass is 463 g/mol. The summed E-state index contributed by atoms with van der Waals surface area (Å²) in [5.41, 5.74) is 3.32. The smallest absolute Gasteiger partial charge is 0.326 e. The Kier molecular flexibility index (Phi) is 6.90. The highest BCUT2D eigenvalue weighted by Crippen LogP contribution is 2.21. The van der Waals surface area contributed by atoms with Gasteiger partial charge in [0.15, 0.2) is 0 Å². The number of carbonyl (C=O) groups is 3. The number of carbonyl (C=O) groups excluding carboxylic acids is 2. The van der Waals surface area contributed by atoms with E-state index in [2.05, 4.69) is 25.4 Å². The first-order valence-electron chi connectivity index (χ1n) is 10.7. The van der Waals surface area contributed by atoms with Crippen LogP contribution in [0.4, 0.5) is 0 Å². The lowest BCUT2D eigenvalue weighted by molar-refractivity contribution is -0.142. The predicted molar refractivity (Wildman–Crippen MR) is 126 cm³/mol. The van der Waals surface area contributed by atoms with Gasteiger partial charge in [0.25, 0.3) is 0 Å². The van der Waals surface area contributed by atoms with Crippen LogP contribution in [0.5, 0.6) is 0 Å². The van der Waals surface area contributed by atoms with Crippen LogP contribution in [0.25, 0.3) is 21.8 Å². The van der Waals surface area contributed by atoms with Gasteiger partial charge in [0.2, 0.25) is 11.8 Å².